The number of hydrogen-bond donors (Lipinski definition) is 1. The van der Waals surface area contributed by atoms with Crippen molar-refractivity contribution in [3.05, 3.63) is 35.4 Å². The molecule has 23 heavy (non-hydrogen) atoms. The fraction of sp³-hybridized carbons (Fsp3) is 0.500. The van der Waals surface area contributed by atoms with Crippen LogP contribution >= 0.6 is 0 Å². The molecule has 0 saturated carbocycles. The molecule has 0 aromatic heterocycles. The first-order valence-electron chi connectivity index (χ1n) is 7.52. The van der Waals surface area contributed by atoms with Crippen molar-refractivity contribution in [1.82, 2.24) is 4.90 Å². The third-order valence-corrected chi connectivity index (χ3v) is 4.36. The number of imide groups is 1. The number of ether oxygens (including phenoxy) is 3. The molecule has 122 valence electrons. The van der Waals surface area contributed by atoms with E-state index in [0.29, 0.717) is 11.1 Å². The molecule has 0 bridgehead atoms. The number of nitrogens with zero attached hydrogens (tertiary/aromatic N) is 1. The average molecular weight is 319 g/mol. The van der Waals surface area contributed by atoms with Gasteiger partial charge in [0.15, 0.2) is 12.1 Å². The van der Waals surface area contributed by atoms with Crippen LogP contribution in [-0.4, -0.2) is 58.8 Å². The summed E-state index contributed by atoms with van der Waals surface area (Å²) >= 11 is 0. The second kappa shape index (κ2) is 4.85. The molecule has 7 heteroatoms. The first-order valence-corrected chi connectivity index (χ1v) is 7.52. The summed E-state index contributed by atoms with van der Waals surface area (Å²) in [5.74, 6) is -1.57. The molecule has 3 aliphatic heterocycles. The van der Waals surface area contributed by atoms with Crippen molar-refractivity contribution in [3.63, 3.8) is 0 Å². The van der Waals surface area contributed by atoms with Crippen LogP contribution in [0.3, 0.4) is 0 Å². The molecule has 1 aromatic carbocycles. The second-order valence-corrected chi connectivity index (χ2v) is 6.40. The lowest BCUT2D eigenvalue weighted by atomic mass is 10.1. The summed E-state index contributed by atoms with van der Waals surface area (Å²) in [6.45, 7) is 3.44. The molecule has 2 fully saturated rings. The van der Waals surface area contributed by atoms with Crippen LogP contribution in [0.25, 0.3) is 0 Å². The van der Waals surface area contributed by atoms with Crippen molar-refractivity contribution in [3.8, 4) is 0 Å². The molecule has 3 aliphatic rings. The minimum atomic E-state index is -0.967. The van der Waals surface area contributed by atoms with Gasteiger partial charge in [0, 0.05) is 0 Å². The Bertz CT molecular complexity index is 652. The number of fused-ring (bicyclic) bond motifs is 2. The maximum absolute atomic E-state index is 12.4. The van der Waals surface area contributed by atoms with Crippen molar-refractivity contribution in [2.24, 2.45) is 0 Å². The molecule has 1 N–H and O–H groups in total. The fourth-order valence-electron chi connectivity index (χ4n) is 3.29. The van der Waals surface area contributed by atoms with Crippen molar-refractivity contribution < 1.29 is 28.9 Å². The highest BCUT2D eigenvalue weighted by Crippen LogP contribution is 2.38. The van der Waals surface area contributed by atoms with Crippen LogP contribution < -0.4 is 0 Å². The Morgan fingerprint density at radius 1 is 1.13 bits per heavy atom. The van der Waals surface area contributed by atoms with Crippen LogP contribution in [0.2, 0.25) is 0 Å². The molecule has 2 saturated heterocycles. The monoisotopic (exact) mass is 319 g/mol. The number of carbonyl (C=O) groups is 2. The van der Waals surface area contributed by atoms with Crippen molar-refractivity contribution in [2.45, 2.75) is 44.2 Å². The van der Waals surface area contributed by atoms with Gasteiger partial charge >= 0.3 is 0 Å². The Kier molecular flexibility index (Phi) is 3.11. The molecule has 2 amide bonds. The predicted octanol–water partition coefficient (Wildman–Crippen LogP) is 0.520. The van der Waals surface area contributed by atoms with E-state index >= 15 is 0 Å². The van der Waals surface area contributed by atoms with Gasteiger partial charge in [-0.1, -0.05) is 12.1 Å². The van der Waals surface area contributed by atoms with E-state index in [0.717, 1.165) is 4.90 Å². The molecule has 0 aliphatic carbocycles. The third kappa shape index (κ3) is 2.20. The minimum Gasteiger partial charge on any atom is -0.387 e. The van der Waals surface area contributed by atoms with Gasteiger partial charge in [-0.25, -0.2) is 0 Å². The topological polar surface area (TPSA) is 85.3 Å². The number of aliphatic hydroxyl groups excluding tert-OH is 1. The molecule has 7 nitrogen and oxygen atoms in total. The first kappa shape index (κ1) is 14.8. The van der Waals surface area contributed by atoms with E-state index in [1.807, 2.05) is 0 Å². The standard InChI is InChI=1S/C16H17NO6/c1-16(2)22-12-11(18)10(21-15(12)23-16)7-17-13(19)8-5-3-4-6-9(8)14(17)20/h3-6,10-12,15,18H,7H2,1-2H3. The van der Waals surface area contributed by atoms with Gasteiger partial charge in [-0.05, 0) is 26.0 Å². The Labute approximate surface area is 132 Å². The summed E-state index contributed by atoms with van der Waals surface area (Å²) in [6.07, 6.45) is -3.01. The fourth-order valence-corrected chi connectivity index (χ4v) is 3.29. The van der Waals surface area contributed by atoms with E-state index in [1.54, 1.807) is 38.1 Å². The molecule has 4 rings (SSSR count). The maximum Gasteiger partial charge on any atom is 0.261 e. The highest BCUT2D eigenvalue weighted by molar-refractivity contribution is 6.21. The van der Waals surface area contributed by atoms with Crippen molar-refractivity contribution in [2.75, 3.05) is 6.54 Å². The number of amides is 2. The van der Waals surface area contributed by atoms with Crippen LogP contribution in [0, 0.1) is 0 Å². The summed E-state index contributed by atoms with van der Waals surface area (Å²) < 4.78 is 16.8. The van der Waals surface area contributed by atoms with E-state index in [2.05, 4.69) is 0 Å². The Morgan fingerprint density at radius 3 is 2.30 bits per heavy atom. The maximum atomic E-state index is 12.4. The van der Waals surface area contributed by atoms with Crippen LogP contribution in [0.4, 0.5) is 0 Å². The van der Waals surface area contributed by atoms with Gasteiger partial charge in [-0.3, -0.25) is 14.5 Å². The zero-order chi connectivity index (χ0) is 16.4. The molecule has 1 aromatic rings. The Balaban J connectivity index is 1.51. The van der Waals surface area contributed by atoms with Gasteiger partial charge in [-0.15, -0.1) is 0 Å². The number of benzene rings is 1. The summed E-state index contributed by atoms with van der Waals surface area (Å²) in [6, 6.07) is 6.65. The summed E-state index contributed by atoms with van der Waals surface area (Å²) in [5.41, 5.74) is 0.748. The number of rotatable bonds is 2. The molecule has 0 radical (unpaired) electrons. The highest BCUT2D eigenvalue weighted by Gasteiger charge is 2.55. The highest BCUT2D eigenvalue weighted by atomic mass is 16.8. The van der Waals surface area contributed by atoms with Gasteiger partial charge < -0.3 is 19.3 Å². The molecule has 4 atom stereocenters. The zero-order valence-electron chi connectivity index (χ0n) is 12.8. The number of carbonyl (C=O) groups excluding carboxylic acids is 2. The molecular weight excluding hydrogens is 302 g/mol. The quantitative estimate of drug-likeness (QED) is 0.800. The number of hydrogen-bond acceptors (Lipinski definition) is 6. The van der Waals surface area contributed by atoms with Crippen molar-refractivity contribution in [1.29, 1.82) is 0 Å². The van der Waals surface area contributed by atoms with E-state index in [1.165, 1.54) is 0 Å². The Hall–Kier alpha value is -1.80. The summed E-state index contributed by atoms with van der Waals surface area (Å²) in [4.78, 5) is 25.8. The van der Waals surface area contributed by atoms with Crippen LogP contribution in [0.5, 0.6) is 0 Å². The molecular formula is C16H17NO6. The lowest BCUT2D eigenvalue weighted by Crippen LogP contribution is -2.43. The van der Waals surface area contributed by atoms with Crippen LogP contribution in [0.15, 0.2) is 24.3 Å². The zero-order valence-corrected chi connectivity index (χ0v) is 12.8. The van der Waals surface area contributed by atoms with E-state index in [4.69, 9.17) is 14.2 Å². The summed E-state index contributed by atoms with van der Waals surface area (Å²) in [7, 11) is 0. The lowest BCUT2D eigenvalue weighted by molar-refractivity contribution is -0.215. The van der Waals surface area contributed by atoms with Gasteiger partial charge in [0.1, 0.15) is 18.3 Å². The lowest BCUT2D eigenvalue weighted by Gasteiger charge is -2.25. The smallest absolute Gasteiger partial charge is 0.261 e. The average Bonchev–Trinajstić information content (AvgIpc) is 3.05. The Morgan fingerprint density at radius 2 is 1.74 bits per heavy atom. The minimum absolute atomic E-state index is 0.0341. The largest absolute Gasteiger partial charge is 0.387 e. The molecule has 3 heterocycles. The number of aliphatic hydroxyl groups is 1. The predicted molar refractivity (Wildman–Crippen MR) is 76.5 cm³/mol. The SMILES string of the molecule is CC1(C)OC2OC(CN3C(=O)c4ccccc4C3=O)C(O)C2O1. The van der Waals surface area contributed by atoms with Crippen LogP contribution in [0.1, 0.15) is 34.6 Å². The first-order chi connectivity index (χ1) is 10.9. The van der Waals surface area contributed by atoms with Crippen molar-refractivity contribution >= 4 is 11.8 Å². The summed E-state index contributed by atoms with van der Waals surface area (Å²) in [5, 5.41) is 10.4. The van der Waals surface area contributed by atoms with E-state index < -0.39 is 30.4 Å². The normalized spacial score (nSPS) is 34.8. The molecule has 4 unspecified atom stereocenters. The second-order valence-electron chi connectivity index (χ2n) is 6.40. The third-order valence-electron chi connectivity index (χ3n) is 4.36. The van der Waals surface area contributed by atoms with Gasteiger partial charge in [0.05, 0.1) is 17.7 Å². The van der Waals surface area contributed by atoms with Gasteiger partial charge in [0.2, 0.25) is 0 Å². The van der Waals surface area contributed by atoms with Gasteiger partial charge in [0.25, 0.3) is 11.8 Å². The van der Waals surface area contributed by atoms with E-state index in [9.17, 15) is 14.7 Å². The van der Waals surface area contributed by atoms with E-state index in [-0.39, 0.29) is 18.4 Å². The van der Waals surface area contributed by atoms with Crippen LogP contribution in [-0.2, 0) is 14.2 Å². The molecule has 0 spiro atoms. The van der Waals surface area contributed by atoms with Gasteiger partial charge in [-0.2, -0.15) is 0 Å².